The number of nitrogens with zero attached hydrogens (tertiary/aromatic N) is 4. The summed E-state index contributed by atoms with van der Waals surface area (Å²) in [6.45, 7) is 5.66. The normalized spacial score (nSPS) is 10.8. The second kappa shape index (κ2) is 8.24. The number of nitriles is 1. The number of aromatic amines is 1. The summed E-state index contributed by atoms with van der Waals surface area (Å²) in [4.78, 5) is 21.1. The zero-order valence-corrected chi connectivity index (χ0v) is 17.3. The van der Waals surface area contributed by atoms with Gasteiger partial charge >= 0.3 is 0 Å². The molecule has 2 N–H and O–H groups in total. The molecule has 1 amide bonds. The Morgan fingerprint density at radius 1 is 1.19 bits per heavy atom. The largest absolute Gasteiger partial charge is 0.489 e. The molecule has 8 nitrogen and oxygen atoms in total. The Morgan fingerprint density at radius 3 is 2.77 bits per heavy atom. The Hall–Kier alpha value is -4.25. The van der Waals surface area contributed by atoms with Crippen LogP contribution in [0.3, 0.4) is 0 Å². The van der Waals surface area contributed by atoms with E-state index in [4.69, 9.17) is 10.00 Å². The summed E-state index contributed by atoms with van der Waals surface area (Å²) in [5, 5.41) is 20.1. The first kappa shape index (κ1) is 20.0. The Morgan fingerprint density at radius 2 is 2.03 bits per heavy atom. The van der Waals surface area contributed by atoms with E-state index in [1.807, 2.05) is 38.1 Å². The van der Waals surface area contributed by atoms with Gasteiger partial charge in [0.1, 0.15) is 23.2 Å². The van der Waals surface area contributed by atoms with Crippen molar-refractivity contribution in [1.82, 2.24) is 20.2 Å². The highest BCUT2D eigenvalue weighted by molar-refractivity contribution is 6.05. The molecule has 0 bridgehead atoms. The molecule has 0 saturated carbocycles. The molecule has 0 aliphatic heterocycles. The highest BCUT2D eigenvalue weighted by Gasteiger charge is 2.14. The number of fused-ring (bicyclic) bond motifs is 1. The van der Waals surface area contributed by atoms with E-state index in [2.05, 4.69) is 25.5 Å². The van der Waals surface area contributed by atoms with Crippen molar-refractivity contribution in [2.24, 2.45) is 0 Å². The minimum absolute atomic E-state index is 0.0362. The van der Waals surface area contributed by atoms with Gasteiger partial charge in [-0.1, -0.05) is 0 Å². The molecule has 0 fully saturated rings. The van der Waals surface area contributed by atoms with Crippen molar-refractivity contribution in [1.29, 1.82) is 5.26 Å². The van der Waals surface area contributed by atoms with Crippen LogP contribution < -0.4 is 10.1 Å². The Bertz CT molecular complexity index is 1320. The van der Waals surface area contributed by atoms with Crippen molar-refractivity contribution in [3.8, 4) is 23.1 Å². The molecule has 0 atom stereocenters. The number of rotatable bonds is 5. The summed E-state index contributed by atoms with van der Waals surface area (Å²) in [6, 6.07) is 11.0. The number of carbonyl (C=O) groups excluding carboxylic acids is 1. The number of H-pyrrole nitrogens is 1. The quantitative estimate of drug-likeness (QED) is 0.506. The average Bonchev–Trinajstić information content (AvgIpc) is 3.16. The van der Waals surface area contributed by atoms with Crippen LogP contribution in [0.1, 0.15) is 35.5 Å². The number of aryl methyl sites for hydroxylation is 1. The van der Waals surface area contributed by atoms with Crippen molar-refractivity contribution in [2.45, 2.75) is 26.9 Å². The molecule has 4 rings (SSSR count). The number of benzene rings is 1. The first-order valence-electron chi connectivity index (χ1n) is 9.73. The molecule has 8 heteroatoms. The molecule has 0 unspecified atom stereocenters. The van der Waals surface area contributed by atoms with E-state index in [9.17, 15) is 4.79 Å². The zero-order valence-electron chi connectivity index (χ0n) is 17.3. The van der Waals surface area contributed by atoms with Crippen LogP contribution in [0.2, 0.25) is 0 Å². The minimum atomic E-state index is -0.347. The van der Waals surface area contributed by atoms with E-state index in [0.717, 1.165) is 16.5 Å². The summed E-state index contributed by atoms with van der Waals surface area (Å²) in [5.74, 6) is 0.316. The molecule has 154 valence electrons. The van der Waals surface area contributed by atoms with Crippen LogP contribution in [0.4, 0.5) is 5.69 Å². The molecule has 3 aromatic heterocycles. The van der Waals surface area contributed by atoms with Crippen molar-refractivity contribution < 1.29 is 9.53 Å². The van der Waals surface area contributed by atoms with E-state index < -0.39 is 0 Å². The lowest BCUT2D eigenvalue weighted by atomic mass is 10.1. The van der Waals surface area contributed by atoms with Crippen LogP contribution in [-0.4, -0.2) is 32.2 Å². The lowest BCUT2D eigenvalue weighted by molar-refractivity contribution is 0.102. The van der Waals surface area contributed by atoms with Crippen LogP contribution in [0.5, 0.6) is 5.75 Å². The van der Waals surface area contributed by atoms with Gasteiger partial charge in [0, 0.05) is 29.0 Å². The van der Waals surface area contributed by atoms with Crippen molar-refractivity contribution >= 4 is 22.5 Å². The van der Waals surface area contributed by atoms with Gasteiger partial charge in [0.15, 0.2) is 0 Å². The molecule has 3 heterocycles. The molecule has 0 saturated heterocycles. The molecule has 0 aliphatic rings. The maximum Gasteiger partial charge on any atom is 0.274 e. The number of anilines is 1. The summed E-state index contributed by atoms with van der Waals surface area (Å²) in [5.41, 5.74) is 4.27. The highest BCUT2D eigenvalue weighted by Crippen LogP contribution is 2.30. The van der Waals surface area contributed by atoms with E-state index in [-0.39, 0.29) is 17.7 Å². The van der Waals surface area contributed by atoms with E-state index >= 15 is 0 Å². The van der Waals surface area contributed by atoms with Gasteiger partial charge in [-0.05, 0) is 56.7 Å². The van der Waals surface area contributed by atoms with E-state index in [1.165, 1.54) is 6.20 Å². The van der Waals surface area contributed by atoms with Crippen LogP contribution in [0.25, 0.3) is 22.2 Å². The van der Waals surface area contributed by atoms with Gasteiger partial charge in [-0.3, -0.25) is 14.9 Å². The number of amides is 1. The summed E-state index contributed by atoms with van der Waals surface area (Å²) in [7, 11) is 0. The predicted molar refractivity (Wildman–Crippen MR) is 117 cm³/mol. The number of pyridine rings is 2. The third-order valence-corrected chi connectivity index (χ3v) is 4.60. The van der Waals surface area contributed by atoms with Gasteiger partial charge < -0.3 is 10.1 Å². The number of hydrogen-bond donors (Lipinski definition) is 2. The lowest BCUT2D eigenvalue weighted by Crippen LogP contribution is -2.15. The fraction of sp³-hybridized carbons (Fsp3) is 0.174. The van der Waals surface area contributed by atoms with Crippen molar-refractivity contribution in [2.75, 3.05) is 5.32 Å². The van der Waals surface area contributed by atoms with Gasteiger partial charge in [0.05, 0.1) is 23.4 Å². The third kappa shape index (κ3) is 4.21. The summed E-state index contributed by atoms with van der Waals surface area (Å²) < 4.78 is 5.73. The first-order chi connectivity index (χ1) is 14.9. The van der Waals surface area contributed by atoms with Gasteiger partial charge in [0.25, 0.3) is 5.91 Å². The molecular formula is C23H20N6O2. The van der Waals surface area contributed by atoms with Crippen LogP contribution in [0, 0.1) is 18.3 Å². The number of hydrogen-bond acceptors (Lipinski definition) is 6. The molecule has 1 aromatic carbocycles. The standard InChI is InChI=1S/C23H20N6O2/c1-13(2)31-18-7-16(11-25-12-18)22-19-8-17(4-5-20(19)28-29-22)27-23(30)21-14(3)6-15(9-24)10-26-21/h4-8,10-13H,1-3H3,(H,27,30)(H,28,29). The smallest absolute Gasteiger partial charge is 0.274 e. The van der Waals surface area contributed by atoms with Crippen LogP contribution in [0.15, 0.2) is 48.9 Å². The molecule has 0 spiro atoms. The second-order valence-electron chi connectivity index (χ2n) is 7.36. The molecule has 0 radical (unpaired) electrons. The van der Waals surface area contributed by atoms with E-state index in [0.29, 0.717) is 28.3 Å². The highest BCUT2D eigenvalue weighted by atomic mass is 16.5. The maximum absolute atomic E-state index is 12.7. The zero-order chi connectivity index (χ0) is 22.0. The van der Waals surface area contributed by atoms with Crippen LogP contribution >= 0.6 is 0 Å². The second-order valence-corrected chi connectivity index (χ2v) is 7.36. The molecule has 0 aliphatic carbocycles. The van der Waals surface area contributed by atoms with Crippen LogP contribution in [-0.2, 0) is 0 Å². The molecule has 4 aromatic rings. The number of nitrogens with one attached hydrogen (secondary N) is 2. The number of ether oxygens (including phenoxy) is 1. The monoisotopic (exact) mass is 412 g/mol. The fourth-order valence-electron chi connectivity index (χ4n) is 3.26. The Balaban J connectivity index is 1.65. The third-order valence-electron chi connectivity index (χ3n) is 4.60. The van der Waals surface area contributed by atoms with Gasteiger partial charge in [-0.15, -0.1) is 0 Å². The van der Waals surface area contributed by atoms with E-state index in [1.54, 1.807) is 31.5 Å². The topological polar surface area (TPSA) is 117 Å². The Kier molecular flexibility index (Phi) is 5.33. The van der Waals surface area contributed by atoms with Gasteiger partial charge in [-0.25, -0.2) is 4.98 Å². The first-order valence-corrected chi connectivity index (χ1v) is 9.73. The number of aromatic nitrogens is 4. The molecule has 31 heavy (non-hydrogen) atoms. The lowest BCUT2D eigenvalue weighted by Gasteiger charge is -2.10. The van der Waals surface area contributed by atoms with Crippen molar-refractivity contribution in [3.05, 3.63) is 65.7 Å². The molecular weight excluding hydrogens is 392 g/mol. The minimum Gasteiger partial charge on any atom is -0.489 e. The average molecular weight is 412 g/mol. The fourth-order valence-corrected chi connectivity index (χ4v) is 3.26. The maximum atomic E-state index is 12.7. The summed E-state index contributed by atoms with van der Waals surface area (Å²) >= 11 is 0. The Labute approximate surface area is 178 Å². The van der Waals surface area contributed by atoms with Gasteiger partial charge in [0.2, 0.25) is 0 Å². The predicted octanol–water partition coefficient (Wildman–Crippen LogP) is 4.24. The van der Waals surface area contributed by atoms with Gasteiger partial charge in [-0.2, -0.15) is 10.4 Å². The summed E-state index contributed by atoms with van der Waals surface area (Å²) in [6.07, 6.45) is 4.81. The number of carbonyl (C=O) groups is 1. The SMILES string of the molecule is Cc1cc(C#N)cnc1C(=O)Nc1ccc2[nH]nc(-c3cncc(OC(C)C)c3)c2c1. The van der Waals surface area contributed by atoms with Crippen molar-refractivity contribution in [3.63, 3.8) is 0 Å².